The number of carbonyl (C=O) groups is 1. The molecule has 1 N–H and O–H groups in total. The number of ether oxygens (including phenoxy) is 1. The van der Waals surface area contributed by atoms with Crippen LogP contribution in [0.25, 0.3) is 0 Å². The van der Waals surface area contributed by atoms with Crippen molar-refractivity contribution in [2.45, 2.75) is 58.0 Å². The molecule has 1 fully saturated rings. The van der Waals surface area contributed by atoms with Crippen molar-refractivity contribution in [3.63, 3.8) is 0 Å². The Morgan fingerprint density at radius 2 is 2.07 bits per heavy atom. The standard InChI is InChI=1S/C12H22O3/c1-10(7-8-12(13)14)15-9-11-5-3-2-4-6-11/h10-11H,2-9H2,1H3,(H,13,14). The Labute approximate surface area is 91.8 Å². The molecule has 1 unspecified atom stereocenters. The molecule has 0 heterocycles. The zero-order valence-electron chi connectivity index (χ0n) is 9.58. The Morgan fingerprint density at radius 1 is 1.40 bits per heavy atom. The van der Waals surface area contributed by atoms with E-state index in [2.05, 4.69) is 0 Å². The molecule has 1 aliphatic carbocycles. The zero-order valence-corrected chi connectivity index (χ0v) is 9.58. The van der Waals surface area contributed by atoms with Gasteiger partial charge in [-0.15, -0.1) is 0 Å². The second-order valence-electron chi connectivity index (χ2n) is 4.58. The van der Waals surface area contributed by atoms with Gasteiger partial charge in [-0.2, -0.15) is 0 Å². The first-order chi connectivity index (χ1) is 7.18. The van der Waals surface area contributed by atoms with Gasteiger partial charge in [0, 0.05) is 13.0 Å². The minimum Gasteiger partial charge on any atom is -0.481 e. The lowest BCUT2D eigenvalue weighted by Gasteiger charge is -2.23. The topological polar surface area (TPSA) is 46.5 Å². The first-order valence-electron chi connectivity index (χ1n) is 6.02. The average Bonchev–Trinajstić information content (AvgIpc) is 2.25. The van der Waals surface area contributed by atoms with Gasteiger partial charge in [0.1, 0.15) is 0 Å². The lowest BCUT2D eigenvalue weighted by atomic mass is 9.90. The molecule has 0 spiro atoms. The van der Waals surface area contributed by atoms with Crippen LogP contribution < -0.4 is 0 Å². The van der Waals surface area contributed by atoms with Crippen LogP contribution in [0.5, 0.6) is 0 Å². The first-order valence-corrected chi connectivity index (χ1v) is 6.02. The van der Waals surface area contributed by atoms with Crippen LogP contribution in [0.1, 0.15) is 51.9 Å². The van der Waals surface area contributed by atoms with E-state index in [0.717, 1.165) is 6.61 Å². The Balaban J connectivity index is 2.04. The predicted molar refractivity (Wildman–Crippen MR) is 58.9 cm³/mol. The van der Waals surface area contributed by atoms with Gasteiger partial charge in [0.05, 0.1) is 6.10 Å². The van der Waals surface area contributed by atoms with Gasteiger partial charge >= 0.3 is 5.97 Å². The highest BCUT2D eigenvalue weighted by molar-refractivity contribution is 5.66. The van der Waals surface area contributed by atoms with Gasteiger partial charge in [-0.3, -0.25) is 4.79 Å². The van der Waals surface area contributed by atoms with Crippen LogP contribution in [0.3, 0.4) is 0 Å². The van der Waals surface area contributed by atoms with E-state index in [1.165, 1.54) is 32.1 Å². The van der Waals surface area contributed by atoms with Crippen LogP contribution >= 0.6 is 0 Å². The Kier molecular flexibility index (Phi) is 5.69. The van der Waals surface area contributed by atoms with Crippen LogP contribution in [0.2, 0.25) is 0 Å². The minimum atomic E-state index is -0.733. The van der Waals surface area contributed by atoms with Crippen molar-refractivity contribution >= 4 is 5.97 Å². The lowest BCUT2D eigenvalue weighted by Crippen LogP contribution is -2.18. The fraction of sp³-hybridized carbons (Fsp3) is 0.917. The fourth-order valence-electron chi connectivity index (χ4n) is 2.06. The molecule has 88 valence electrons. The average molecular weight is 214 g/mol. The van der Waals surface area contributed by atoms with Crippen molar-refractivity contribution in [3.8, 4) is 0 Å². The van der Waals surface area contributed by atoms with Gasteiger partial charge in [0.2, 0.25) is 0 Å². The summed E-state index contributed by atoms with van der Waals surface area (Å²) in [6.07, 6.45) is 7.52. The molecule has 0 bridgehead atoms. The smallest absolute Gasteiger partial charge is 0.303 e. The highest BCUT2D eigenvalue weighted by Gasteiger charge is 2.15. The highest BCUT2D eigenvalue weighted by atomic mass is 16.5. The molecule has 1 atom stereocenters. The summed E-state index contributed by atoms with van der Waals surface area (Å²) in [5.41, 5.74) is 0. The van der Waals surface area contributed by atoms with E-state index in [4.69, 9.17) is 9.84 Å². The summed E-state index contributed by atoms with van der Waals surface area (Å²) in [4.78, 5) is 10.4. The lowest BCUT2D eigenvalue weighted by molar-refractivity contribution is -0.137. The summed E-state index contributed by atoms with van der Waals surface area (Å²) < 4.78 is 5.67. The van der Waals surface area contributed by atoms with Gasteiger partial charge in [-0.25, -0.2) is 0 Å². The molecular formula is C12H22O3. The molecule has 0 radical (unpaired) electrons. The minimum absolute atomic E-state index is 0.0861. The van der Waals surface area contributed by atoms with E-state index in [0.29, 0.717) is 12.3 Å². The van der Waals surface area contributed by atoms with Crippen LogP contribution in [0.4, 0.5) is 0 Å². The van der Waals surface area contributed by atoms with E-state index < -0.39 is 5.97 Å². The van der Waals surface area contributed by atoms with E-state index in [-0.39, 0.29) is 12.5 Å². The maximum atomic E-state index is 10.4. The Morgan fingerprint density at radius 3 is 2.67 bits per heavy atom. The van der Waals surface area contributed by atoms with E-state index >= 15 is 0 Å². The van der Waals surface area contributed by atoms with Crippen molar-refractivity contribution in [1.82, 2.24) is 0 Å². The second kappa shape index (κ2) is 6.83. The molecule has 3 nitrogen and oxygen atoms in total. The maximum Gasteiger partial charge on any atom is 0.303 e. The van der Waals surface area contributed by atoms with Gasteiger partial charge in [0.15, 0.2) is 0 Å². The van der Waals surface area contributed by atoms with E-state index in [9.17, 15) is 4.79 Å². The molecule has 0 amide bonds. The molecule has 1 rings (SSSR count). The zero-order chi connectivity index (χ0) is 11.1. The largest absolute Gasteiger partial charge is 0.481 e. The second-order valence-corrected chi connectivity index (χ2v) is 4.58. The number of carboxylic acids is 1. The monoisotopic (exact) mass is 214 g/mol. The molecule has 0 aromatic heterocycles. The maximum absolute atomic E-state index is 10.4. The third kappa shape index (κ3) is 5.78. The molecule has 1 saturated carbocycles. The fourth-order valence-corrected chi connectivity index (χ4v) is 2.06. The predicted octanol–water partition coefficient (Wildman–Crippen LogP) is 2.84. The van der Waals surface area contributed by atoms with Gasteiger partial charge in [0.25, 0.3) is 0 Å². The third-order valence-corrected chi connectivity index (χ3v) is 3.11. The Hall–Kier alpha value is -0.570. The van der Waals surface area contributed by atoms with Crippen LogP contribution in [0.15, 0.2) is 0 Å². The molecule has 0 saturated heterocycles. The summed E-state index contributed by atoms with van der Waals surface area (Å²) in [7, 11) is 0. The molecule has 15 heavy (non-hydrogen) atoms. The van der Waals surface area contributed by atoms with E-state index in [1.54, 1.807) is 0 Å². The summed E-state index contributed by atoms with van der Waals surface area (Å²) in [6, 6.07) is 0. The number of hydrogen-bond acceptors (Lipinski definition) is 2. The quantitative estimate of drug-likeness (QED) is 0.739. The Bertz CT molecular complexity index is 185. The first kappa shape index (κ1) is 12.5. The van der Waals surface area contributed by atoms with Crippen molar-refractivity contribution in [1.29, 1.82) is 0 Å². The molecule has 0 aromatic carbocycles. The van der Waals surface area contributed by atoms with Crippen molar-refractivity contribution in [2.75, 3.05) is 6.61 Å². The van der Waals surface area contributed by atoms with Gasteiger partial charge in [-0.05, 0) is 32.1 Å². The molecule has 1 aliphatic rings. The highest BCUT2D eigenvalue weighted by Crippen LogP contribution is 2.24. The summed E-state index contributed by atoms with van der Waals surface area (Å²) >= 11 is 0. The number of rotatable bonds is 6. The molecular weight excluding hydrogens is 192 g/mol. The van der Waals surface area contributed by atoms with Gasteiger partial charge in [-0.1, -0.05) is 19.3 Å². The SMILES string of the molecule is CC(CCC(=O)O)OCC1CCCCC1. The number of aliphatic carboxylic acids is 1. The molecule has 0 aromatic rings. The van der Waals surface area contributed by atoms with E-state index in [1.807, 2.05) is 6.92 Å². The summed E-state index contributed by atoms with van der Waals surface area (Å²) in [5, 5.41) is 8.52. The van der Waals surface area contributed by atoms with Crippen LogP contribution in [0, 0.1) is 5.92 Å². The van der Waals surface area contributed by atoms with Crippen LogP contribution in [-0.4, -0.2) is 23.8 Å². The van der Waals surface area contributed by atoms with Gasteiger partial charge < -0.3 is 9.84 Å². The van der Waals surface area contributed by atoms with Crippen molar-refractivity contribution < 1.29 is 14.6 Å². The number of carboxylic acid groups (broad SMARTS) is 1. The third-order valence-electron chi connectivity index (χ3n) is 3.11. The van der Waals surface area contributed by atoms with Crippen molar-refractivity contribution in [2.24, 2.45) is 5.92 Å². The molecule has 0 aliphatic heterocycles. The molecule has 3 heteroatoms. The van der Waals surface area contributed by atoms with Crippen LogP contribution in [-0.2, 0) is 9.53 Å². The van der Waals surface area contributed by atoms with Crippen molar-refractivity contribution in [3.05, 3.63) is 0 Å². The summed E-state index contributed by atoms with van der Waals surface area (Å²) in [5.74, 6) is -0.0193. The number of hydrogen-bond donors (Lipinski definition) is 1. The normalized spacial score (nSPS) is 20.1. The summed E-state index contributed by atoms with van der Waals surface area (Å²) in [6.45, 7) is 2.78.